The Morgan fingerprint density at radius 1 is 1.04 bits per heavy atom. The van der Waals surface area contributed by atoms with Gasteiger partial charge in [0.2, 0.25) is 0 Å². The Hall–Kier alpha value is -3.28. The number of carbonyl (C=O) groups excluding carboxylic acids is 1. The zero-order valence-electron chi connectivity index (χ0n) is 13.2. The van der Waals surface area contributed by atoms with Crippen LogP contribution in [0.4, 0.5) is 10.5 Å². The fraction of sp³-hybridized carbons (Fsp3) is 0.111. The first-order valence-electron chi connectivity index (χ1n) is 7.47. The number of nitrogens with zero attached hydrogens (tertiary/aromatic N) is 2. The van der Waals surface area contributed by atoms with Crippen LogP contribution in [0.5, 0.6) is 0 Å². The molecule has 6 heteroatoms. The van der Waals surface area contributed by atoms with Gasteiger partial charge in [0.25, 0.3) is 5.56 Å². The SMILES string of the molecule is Cn1cc(COC(=O)Nc2ccccc2)c(=O)n1-c1ccccc1. The molecule has 2 aromatic carbocycles. The molecule has 1 heterocycles. The zero-order valence-corrected chi connectivity index (χ0v) is 13.2. The van der Waals surface area contributed by atoms with E-state index in [-0.39, 0.29) is 12.2 Å². The first-order valence-corrected chi connectivity index (χ1v) is 7.47. The number of hydrogen-bond acceptors (Lipinski definition) is 3. The highest BCUT2D eigenvalue weighted by atomic mass is 16.5. The molecule has 0 bridgehead atoms. The van der Waals surface area contributed by atoms with Crippen molar-refractivity contribution >= 4 is 11.8 Å². The van der Waals surface area contributed by atoms with E-state index in [2.05, 4.69) is 5.32 Å². The molecule has 0 unspecified atom stereocenters. The van der Waals surface area contributed by atoms with Crippen molar-refractivity contribution in [3.8, 4) is 5.69 Å². The van der Waals surface area contributed by atoms with Crippen LogP contribution >= 0.6 is 0 Å². The topological polar surface area (TPSA) is 65.3 Å². The Kier molecular flexibility index (Phi) is 4.47. The van der Waals surface area contributed by atoms with Crippen LogP contribution in [0.25, 0.3) is 5.69 Å². The molecule has 0 fully saturated rings. The third kappa shape index (κ3) is 3.38. The molecular formula is C18H17N3O3. The number of para-hydroxylation sites is 2. The number of carbonyl (C=O) groups is 1. The standard InChI is InChI=1S/C18H17N3O3/c1-20-12-14(17(22)21(20)16-10-6-3-7-11-16)13-24-18(23)19-15-8-4-2-5-9-15/h2-12H,13H2,1H3,(H,19,23). The van der Waals surface area contributed by atoms with E-state index in [1.807, 2.05) is 48.5 Å². The van der Waals surface area contributed by atoms with Crippen molar-refractivity contribution < 1.29 is 9.53 Å². The van der Waals surface area contributed by atoms with E-state index in [1.54, 1.807) is 30.1 Å². The average molecular weight is 323 g/mol. The van der Waals surface area contributed by atoms with Gasteiger partial charge < -0.3 is 4.74 Å². The number of hydrogen-bond donors (Lipinski definition) is 1. The second kappa shape index (κ2) is 6.87. The Labute approximate surface area is 138 Å². The largest absolute Gasteiger partial charge is 0.444 e. The highest BCUT2D eigenvalue weighted by Crippen LogP contribution is 2.08. The van der Waals surface area contributed by atoms with Gasteiger partial charge >= 0.3 is 6.09 Å². The number of aryl methyl sites for hydroxylation is 1. The predicted octanol–water partition coefficient (Wildman–Crippen LogP) is 2.92. The molecule has 0 saturated heterocycles. The molecule has 1 aromatic heterocycles. The maximum Gasteiger partial charge on any atom is 0.411 e. The van der Waals surface area contributed by atoms with Gasteiger partial charge in [-0.3, -0.25) is 14.8 Å². The summed E-state index contributed by atoms with van der Waals surface area (Å²) in [5.74, 6) is 0. The zero-order chi connectivity index (χ0) is 16.9. The molecule has 3 rings (SSSR count). The smallest absolute Gasteiger partial charge is 0.411 e. The molecule has 0 aliphatic carbocycles. The average Bonchev–Trinajstić information content (AvgIpc) is 2.88. The van der Waals surface area contributed by atoms with Crippen LogP contribution in [-0.4, -0.2) is 15.5 Å². The monoisotopic (exact) mass is 323 g/mol. The second-order valence-electron chi connectivity index (χ2n) is 5.25. The van der Waals surface area contributed by atoms with Crippen molar-refractivity contribution in [1.82, 2.24) is 9.36 Å². The van der Waals surface area contributed by atoms with E-state index in [9.17, 15) is 9.59 Å². The molecule has 0 radical (unpaired) electrons. The molecule has 122 valence electrons. The Morgan fingerprint density at radius 2 is 1.67 bits per heavy atom. The summed E-state index contributed by atoms with van der Waals surface area (Å²) in [5.41, 5.74) is 1.59. The van der Waals surface area contributed by atoms with E-state index < -0.39 is 6.09 Å². The lowest BCUT2D eigenvalue weighted by Crippen LogP contribution is -2.22. The van der Waals surface area contributed by atoms with Crippen LogP contribution < -0.4 is 10.9 Å². The number of benzene rings is 2. The van der Waals surface area contributed by atoms with Gasteiger partial charge in [-0.25, -0.2) is 9.48 Å². The van der Waals surface area contributed by atoms with E-state index in [0.717, 1.165) is 5.69 Å². The molecule has 1 N–H and O–H groups in total. The summed E-state index contributed by atoms with van der Waals surface area (Å²) in [6, 6.07) is 18.3. The quantitative estimate of drug-likeness (QED) is 0.803. The van der Waals surface area contributed by atoms with Gasteiger partial charge in [0, 0.05) is 18.9 Å². The summed E-state index contributed by atoms with van der Waals surface area (Å²) in [4.78, 5) is 24.3. The molecule has 1 amide bonds. The van der Waals surface area contributed by atoms with Gasteiger partial charge in [-0.1, -0.05) is 36.4 Å². The Morgan fingerprint density at radius 3 is 2.33 bits per heavy atom. The van der Waals surface area contributed by atoms with Crippen LogP contribution in [-0.2, 0) is 18.4 Å². The lowest BCUT2D eigenvalue weighted by Gasteiger charge is -2.05. The molecular weight excluding hydrogens is 306 g/mol. The van der Waals surface area contributed by atoms with Gasteiger partial charge in [0.1, 0.15) is 6.61 Å². The Bertz CT molecular complexity index is 883. The van der Waals surface area contributed by atoms with Gasteiger partial charge in [0.15, 0.2) is 0 Å². The fourth-order valence-corrected chi connectivity index (χ4v) is 2.40. The molecule has 0 spiro atoms. The van der Waals surface area contributed by atoms with Crippen molar-refractivity contribution in [2.24, 2.45) is 7.05 Å². The molecule has 3 aromatic rings. The molecule has 24 heavy (non-hydrogen) atoms. The number of anilines is 1. The summed E-state index contributed by atoms with van der Waals surface area (Å²) >= 11 is 0. The first-order chi connectivity index (χ1) is 11.6. The maximum absolute atomic E-state index is 12.5. The van der Waals surface area contributed by atoms with Crippen molar-refractivity contribution in [2.45, 2.75) is 6.61 Å². The summed E-state index contributed by atoms with van der Waals surface area (Å²) < 4.78 is 8.33. The number of amides is 1. The molecule has 0 aliphatic heterocycles. The fourth-order valence-electron chi connectivity index (χ4n) is 2.40. The minimum Gasteiger partial charge on any atom is -0.444 e. The van der Waals surface area contributed by atoms with E-state index in [0.29, 0.717) is 11.3 Å². The van der Waals surface area contributed by atoms with Crippen LogP contribution in [0.1, 0.15) is 5.56 Å². The minimum absolute atomic E-state index is 0.0921. The van der Waals surface area contributed by atoms with Crippen molar-refractivity contribution in [3.05, 3.63) is 82.8 Å². The van der Waals surface area contributed by atoms with Gasteiger partial charge in [0.05, 0.1) is 11.3 Å². The third-order valence-corrected chi connectivity index (χ3v) is 3.50. The van der Waals surface area contributed by atoms with Crippen LogP contribution in [0, 0.1) is 0 Å². The predicted molar refractivity (Wildman–Crippen MR) is 91.3 cm³/mol. The van der Waals surface area contributed by atoms with Crippen molar-refractivity contribution in [3.63, 3.8) is 0 Å². The third-order valence-electron chi connectivity index (χ3n) is 3.50. The molecule has 0 saturated carbocycles. The molecule has 6 nitrogen and oxygen atoms in total. The second-order valence-corrected chi connectivity index (χ2v) is 5.25. The summed E-state index contributed by atoms with van der Waals surface area (Å²) in [5, 5.41) is 2.61. The lowest BCUT2D eigenvalue weighted by molar-refractivity contribution is 0.154. The molecule has 0 aliphatic rings. The normalized spacial score (nSPS) is 10.4. The summed E-state index contributed by atoms with van der Waals surface area (Å²) in [6.07, 6.45) is 1.06. The van der Waals surface area contributed by atoms with Crippen molar-refractivity contribution in [2.75, 3.05) is 5.32 Å². The van der Waals surface area contributed by atoms with Crippen LogP contribution in [0.2, 0.25) is 0 Å². The Balaban J connectivity index is 1.70. The van der Waals surface area contributed by atoms with E-state index in [4.69, 9.17) is 4.74 Å². The number of ether oxygens (including phenoxy) is 1. The highest BCUT2D eigenvalue weighted by molar-refractivity contribution is 5.84. The lowest BCUT2D eigenvalue weighted by atomic mass is 10.3. The number of rotatable bonds is 4. The van der Waals surface area contributed by atoms with Crippen LogP contribution in [0.3, 0.4) is 0 Å². The van der Waals surface area contributed by atoms with Crippen LogP contribution in [0.15, 0.2) is 71.7 Å². The summed E-state index contributed by atoms with van der Waals surface area (Å²) in [6.45, 7) is -0.0921. The summed E-state index contributed by atoms with van der Waals surface area (Å²) in [7, 11) is 1.77. The number of nitrogens with one attached hydrogen (secondary N) is 1. The van der Waals surface area contributed by atoms with E-state index >= 15 is 0 Å². The van der Waals surface area contributed by atoms with Gasteiger partial charge in [-0.2, -0.15) is 0 Å². The van der Waals surface area contributed by atoms with Gasteiger partial charge in [-0.15, -0.1) is 0 Å². The number of aromatic nitrogens is 2. The van der Waals surface area contributed by atoms with Gasteiger partial charge in [-0.05, 0) is 24.3 Å². The molecule has 0 atom stereocenters. The first kappa shape index (κ1) is 15.6. The highest BCUT2D eigenvalue weighted by Gasteiger charge is 2.13. The van der Waals surface area contributed by atoms with Crippen molar-refractivity contribution in [1.29, 1.82) is 0 Å². The maximum atomic E-state index is 12.5. The van der Waals surface area contributed by atoms with E-state index in [1.165, 1.54) is 4.68 Å². The minimum atomic E-state index is -0.601.